The maximum atomic E-state index is 11.8. The van der Waals surface area contributed by atoms with Crippen LogP contribution in [0, 0.1) is 5.41 Å². The zero-order valence-corrected chi connectivity index (χ0v) is 12.8. The number of hydrogen-bond donors (Lipinski definition) is 2. The molecule has 1 unspecified atom stereocenters. The van der Waals surface area contributed by atoms with Crippen molar-refractivity contribution in [2.45, 2.75) is 46.3 Å². The van der Waals surface area contributed by atoms with Crippen LogP contribution in [0.25, 0.3) is 0 Å². The van der Waals surface area contributed by atoms with E-state index in [9.17, 15) is 9.59 Å². The molecule has 21 heavy (non-hydrogen) atoms. The molecule has 1 amide bonds. The van der Waals surface area contributed by atoms with Gasteiger partial charge in [-0.2, -0.15) is 0 Å². The molecule has 0 bridgehead atoms. The van der Waals surface area contributed by atoms with Gasteiger partial charge in [-0.15, -0.1) is 0 Å². The number of alkyl carbamates (subject to hydrolysis) is 1. The Bertz CT molecular complexity index is 465. The van der Waals surface area contributed by atoms with Gasteiger partial charge < -0.3 is 15.2 Å². The van der Waals surface area contributed by atoms with Gasteiger partial charge in [0.05, 0.1) is 6.42 Å². The molecule has 2 N–H and O–H groups in total. The molecule has 0 radical (unpaired) electrons. The van der Waals surface area contributed by atoms with Gasteiger partial charge in [-0.05, 0) is 17.4 Å². The third kappa shape index (κ3) is 7.97. The van der Waals surface area contributed by atoms with E-state index in [0.29, 0.717) is 6.42 Å². The van der Waals surface area contributed by atoms with Crippen LogP contribution in [0.5, 0.6) is 0 Å². The molecular weight excluding hydrogens is 270 g/mol. The van der Waals surface area contributed by atoms with Gasteiger partial charge in [0.25, 0.3) is 0 Å². The number of carbonyl (C=O) groups is 2. The van der Waals surface area contributed by atoms with Crippen molar-refractivity contribution >= 4 is 12.1 Å². The zero-order chi connectivity index (χ0) is 15.9. The highest BCUT2D eigenvalue weighted by atomic mass is 16.5. The Balaban J connectivity index is 2.49. The lowest BCUT2D eigenvalue weighted by molar-refractivity contribution is -0.137. The minimum atomic E-state index is -0.937. The second-order valence-corrected chi connectivity index (χ2v) is 6.27. The highest BCUT2D eigenvalue weighted by Crippen LogP contribution is 2.22. The van der Waals surface area contributed by atoms with Crippen LogP contribution >= 0.6 is 0 Å². The standard InChI is InChI=1S/C16H23NO4/c1-16(2,3)10-13(9-14(18)19)17-15(20)21-11-12-7-5-4-6-8-12/h4-8,13H,9-11H2,1-3H3,(H,17,20)(H,18,19). The van der Waals surface area contributed by atoms with Crippen molar-refractivity contribution in [2.75, 3.05) is 0 Å². The second kappa shape index (κ2) is 7.67. The Morgan fingerprint density at radius 2 is 1.86 bits per heavy atom. The van der Waals surface area contributed by atoms with Gasteiger partial charge >= 0.3 is 12.1 Å². The minimum Gasteiger partial charge on any atom is -0.481 e. The summed E-state index contributed by atoms with van der Waals surface area (Å²) in [6.45, 7) is 6.17. The summed E-state index contributed by atoms with van der Waals surface area (Å²) in [4.78, 5) is 22.6. The Morgan fingerprint density at radius 3 is 2.38 bits per heavy atom. The van der Waals surface area contributed by atoms with Crippen LogP contribution in [0.2, 0.25) is 0 Å². The molecule has 1 aromatic rings. The van der Waals surface area contributed by atoms with Crippen LogP contribution in [0.1, 0.15) is 39.2 Å². The van der Waals surface area contributed by atoms with Gasteiger partial charge in [0.15, 0.2) is 0 Å². The number of ether oxygens (including phenoxy) is 1. The van der Waals surface area contributed by atoms with E-state index in [1.807, 2.05) is 51.1 Å². The predicted octanol–water partition coefficient (Wildman–Crippen LogP) is 3.19. The topological polar surface area (TPSA) is 75.6 Å². The average Bonchev–Trinajstić information content (AvgIpc) is 2.34. The summed E-state index contributed by atoms with van der Waals surface area (Å²) in [6, 6.07) is 8.89. The number of hydrogen-bond acceptors (Lipinski definition) is 3. The first-order chi connectivity index (χ1) is 9.76. The molecule has 1 rings (SSSR count). The Morgan fingerprint density at radius 1 is 1.24 bits per heavy atom. The van der Waals surface area contributed by atoms with Crippen molar-refractivity contribution in [1.82, 2.24) is 5.32 Å². The van der Waals surface area contributed by atoms with E-state index in [-0.39, 0.29) is 18.4 Å². The van der Waals surface area contributed by atoms with Crippen LogP contribution in [0.3, 0.4) is 0 Å². The molecule has 0 aliphatic carbocycles. The van der Waals surface area contributed by atoms with E-state index >= 15 is 0 Å². The molecule has 0 heterocycles. The van der Waals surface area contributed by atoms with Crippen LogP contribution in [0.4, 0.5) is 4.79 Å². The Labute approximate surface area is 125 Å². The number of carboxylic acid groups (broad SMARTS) is 1. The highest BCUT2D eigenvalue weighted by Gasteiger charge is 2.23. The van der Waals surface area contributed by atoms with E-state index in [0.717, 1.165) is 5.56 Å². The molecule has 0 aliphatic rings. The Hall–Kier alpha value is -2.04. The molecule has 0 saturated carbocycles. The third-order valence-corrected chi connectivity index (χ3v) is 2.81. The van der Waals surface area contributed by atoms with E-state index in [4.69, 9.17) is 9.84 Å². The molecule has 0 fully saturated rings. The fraction of sp³-hybridized carbons (Fsp3) is 0.500. The summed E-state index contributed by atoms with van der Waals surface area (Å²) < 4.78 is 5.11. The minimum absolute atomic E-state index is 0.0766. The van der Waals surface area contributed by atoms with Gasteiger partial charge in [-0.1, -0.05) is 51.1 Å². The summed E-state index contributed by atoms with van der Waals surface area (Å²) in [5, 5.41) is 11.5. The maximum absolute atomic E-state index is 11.8. The predicted molar refractivity (Wildman–Crippen MR) is 79.9 cm³/mol. The first-order valence-corrected chi connectivity index (χ1v) is 6.95. The third-order valence-electron chi connectivity index (χ3n) is 2.81. The number of nitrogens with one attached hydrogen (secondary N) is 1. The van der Waals surface area contributed by atoms with Crippen molar-refractivity contribution in [1.29, 1.82) is 0 Å². The molecule has 116 valence electrons. The molecule has 0 aliphatic heterocycles. The van der Waals surface area contributed by atoms with Crippen molar-refractivity contribution in [3.63, 3.8) is 0 Å². The number of aliphatic carboxylic acids is 1. The summed E-state index contributed by atoms with van der Waals surface area (Å²) in [7, 11) is 0. The van der Waals surface area contributed by atoms with Crippen molar-refractivity contribution < 1.29 is 19.4 Å². The largest absolute Gasteiger partial charge is 0.481 e. The first kappa shape index (κ1) is 17.0. The van der Waals surface area contributed by atoms with Crippen LogP contribution in [0.15, 0.2) is 30.3 Å². The monoisotopic (exact) mass is 293 g/mol. The van der Waals surface area contributed by atoms with Gasteiger partial charge in [0.2, 0.25) is 0 Å². The second-order valence-electron chi connectivity index (χ2n) is 6.27. The van der Waals surface area contributed by atoms with E-state index < -0.39 is 18.1 Å². The van der Waals surface area contributed by atoms with Crippen molar-refractivity contribution in [2.24, 2.45) is 5.41 Å². The van der Waals surface area contributed by atoms with Crippen molar-refractivity contribution in [3.8, 4) is 0 Å². The fourth-order valence-electron chi connectivity index (χ4n) is 2.06. The summed E-state index contributed by atoms with van der Waals surface area (Å²) >= 11 is 0. The van der Waals surface area contributed by atoms with Gasteiger partial charge in [-0.25, -0.2) is 4.79 Å². The number of amides is 1. The van der Waals surface area contributed by atoms with E-state index in [2.05, 4.69) is 5.32 Å². The normalized spacial score (nSPS) is 12.5. The molecule has 0 aromatic heterocycles. The van der Waals surface area contributed by atoms with Crippen LogP contribution in [-0.2, 0) is 16.1 Å². The fourth-order valence-corrected chi connectivity index (χ4v) is 2.06. The molecule has 1 atom stereocenters. The lowest BCUT2D eigenvalue weighted by Gasteiger charge is -2.25. The first-order valence-electron chi connectivity index (χ1n) is 6.95. The van der Waals surface area contributed by atoms with Crippen LogP contribution < -0.4 is 5.32 Å². The molecular formula is C16H23NO4. The SMILES string of the molecule is CC(C)(C)CC(CC(=O)O)NC(=O)OCc1ccccc1. The summed E-state index contributed by atoms with van der Waals surface area (Å²) in [5.41, 5.74) is 0.811. The number of carboxylic acids is 1. The number of rotatable bonds is 6. The van der Waals surface area contributed by atoms with Crippen molar-refractivity contribution in [3.05, 3.63) is 35.9 Å². The van der Waals surface area contributed by atoms with E-state index in [1.165, 1.54) is 0 Å². The van der Waals surface area contributed by atoms with Gasteiger partial charge in [0.1, 0.15) is 6.61 Å². The van der Waals surface area contributed by atoms with Gasteiger partial charge in [0, 0.05) is 6.04 Å². The summed E-state index contributed by atoms with van der Waals surface area (Å²) in [5.74, 6) is -0.937. The number of carbonyl (C=O) groups excluding carboxylic acids is 1. The smallest absolute Gasteiger partial charge is 0.407 e. The molecule has 5 heteroatoms. The highest BCUT2D eigenvalue weighted by molar-refractivity contribution is 5.71. The molecule has 0 saturated heterocycles. The lowest BCUT2D eigenvalue weighted by atomic mass is 9.87. The molecule has 0 spiro atoms. The average molecular weight is 293 g/mol. The lowest BCUT2D eigenvalue weighted by Crippen LogP contribution is -2.39. The molecule has 5 nitrogen and oxygen atoms in total. The van der Waals surface area contributed by atoms with Crippen LogP contribution in [-0.4, -0.2) is 23.2 Å². The summed E-state index contributed by atoms with van der Waals surface area (Å²) in [6.07, 6.45) is -0.133. The number of benzene rings is 1. The Kier molecular flexibility index (Phi) is 6.21. The van der Waals surface area contributed by atoms with E-state index in [1.54, 1.807) is 0 Å². The quantitative estimate of drug-likeness (QED) is 0.844. The zero-order valence-electron chi connectivity index (χ0n) is 12.8. The van der Waals surface area contributed by atoms with Gasteiger partial charge in [-0.3, -0.25) is 4.79 Å². The maximum Gasteiger partial charge on any atom is 0.407 e. The molecule has 1 aromatic carbocycles.